The van der Waals surface area contributed by atoms with Gasteiger partial charge >= 0.3 is 5.97 Å². The first-order valence-corrected chi connectivity index (χ1v) is 6.65. The maximum atomic E-state index is 10.9. The fourth-order valence-corrected chi connectivity index (χ4v) is 2.10. The van der Waals surface area contributed by atoms with Crippen LogP contribution < -0.4 is 0 Å². The highest BCUT2D eigenvalue weighted by Gasteiger charge is 2.18. The Morgan fingerprint density at radius 2 is 2.10 bits per heavy atom. The minimum atomic E-state index is -0.425. The summed E-state index contributed by atoms with van der Waals surface area (Å²) >= 11 is 0. The van der Waals surface area contributed by atoms with Crippen LogP contribution in [-0.4, -0.2) is 19.2 Å². The number of benzene rings is 1. The first-order valence-electron chi connectivity index (χ1n) is 6.65. The Morgan fingerprint density at radius 1 is 1.30 bits per heavy atom. The van der Waals surface area contributed by atoms with E-state index in [-0.39, 0.29) is 12.5 Å². The largest absolute Gasteiger partial charge is 0.494 e. The molecule has 1 unspecified atom stereocenters. The molecule has 20 heavy (non-hydrogen) atoms. The molecule has 0 saturated heterocycles. The SMILES string of the molecule is C=CC(=O)OCCOC1=CC=CCC1c1ccccc1. The molecule has 0 aromatic heterocycles. The van der Waals surface area contributed by atoms with Crippen LogP contribution in [0.3, 0.4) is 0 Å². The topological polar surface area (TPSA) is 35.5 Å². The maximum absolute atomic E-state index is 10.9. The van der Waals surface area contributed by atoms with Gasteiger partial charge in [0.2, 0.25) is 0 Å². The lowest BCUT2D eigenvalue weighted by molar-refractivity contribution is -0.138. The number of hydrogen-bond donors (Lipinski definition) is 0. The van der Waals surface area contributed by atoms with E-state index in [4.69, 9.17) is 9.47 Å². The molecule has 0 fully saturated rings. The van der Waals surface area contributed by atoms with E-state index in [1.54, 1.807) is 0 Å². The molecule has 1 aliphatic rings. The molecule has 0 spiro atoms. The zero-order valence-corrected chi connectivity index (χ0v) is 11.3. The van der Waals surface area contributed by atoms with Crippen LogP contribution in [0.4, 0.5) is 0 Å². The fourth-order valence-electron chi connectivity index (χ4n) is 2.10. The summed E-state index contributed by atoms with van der Waals surface area (Å²) in [5, 5.41) is 0. The van der Waals surface area contributed by atoms with Crippen molar-refractivity contribution in [1.29, 1.82) is 0 Å². The minimum Gasteiger partial charge on any atom is -0.494 e. The molecule has 0 heterocycles. The van der Waals surface area contributed by atoms with Crippen LogP contribution in [0.25, 0.3) is 0 Å². The lowest BCUT2D eigenvalue weighted by Crippen LogP contribution is -2.12. The van der Waals surface area contributed by atoms with Gasteiger partial charge in [-0.1, -0.05) is 49.1 Å². The van der Waals surface area contributed by atoms with Gasteiger partial charge < -0.3 is 9.47 Å². The third kappa shape index (κ3) is 3.85. The molecule has 3 nitrogen and oxygen atoms in total. The molecule has 1 aromatic carbocycles. The third-order valence-electron chi connectivity index (χ3n) is 3.08. The van der Waals surface area contributed by atoms with Gasteiger partial charge in [-0.25, -0.2) is 4.79 Å². The molecule has 0 saturated carbocycles. The second-order valence-electron chi connectivity index (χ2n) is 4.42. The second kappa shape index (κ2) is 7.34. The summed E-state index contributed by atoms with van der Waals surface area (Å²) in [6, 6.07) is 10.2. The van der Waals surface area contributed by atoms with E-state index in [1.165, 1.54) is 5.56 Å². The highest BCUT2D eigenvalue weighted by atomic mass is 16.6. The summed E-state index contributed by atoms with van der Waals surface area (Å²) in [5.74, 6) is 0.718. The van der Waals surface area contributed by atoms with Crippen LogP contribution in [-0.2, 0) is 14.3 Å². The molecule has 2 rings (SSSR count). The molecule has 1 aromatic rings. The Hall–Kier alpha value is -2.29. The number of hydrogen-bond acceptors (Lipinski definition) is 3. The zero-order valence-electron chi connectivity index (χ0n) is 11.3. The van der Waals surface area contributed by atoms with Crippen molar-refractivity contribution in [2.24, 2.45) is 0 Å². The summed E-state index contributed by atoms with van der Waals surface area (Å²) in [6.07, 6.45) is 8.15. The lowest BCUT2D eigenvalue weighted by Gasteiger charge is -2.22. The number of ether oxygens (including phenoxy) is 2. The van der Waals surface area contributed by atoms with Gasteiger partial charge in [0.25, 0.3) is 0 Å². The Kier molecular flexibility index (Phi) is 5.18. The first-order chi connectivity index (χ1) is 9.81. The average molecular weight is 270 g/mol. The summed E-state index contributed by atoms with van der Waals surface area (Å²) in [4.78, 5) is 10.9. The van der Waals surface area contributed by atoms with Gasteiger partial charge in [0.15, 0.2) is 0 Å². The molecule has 0 bridgehead atoms. The van der Waals surface area contributed by atoms with Crippen molar-refractivity contribution in [3.8, 4) is 0 Å². The number of esters is 1. The van der Waals surface area contributed by atoms with Gasteiger partial charge in [0, 0.05) is 12.0 Å². The fraction of sp³-hybridized carbons (Fsp3) is 0.235. The van der Waals surface area contributed by atoms with Crippen molar-refractivity contribution < 1.29 is 14.3 Å². The summed E-state index contributed by atoms with van der Waals surface area (Å²) in [6.45, 7) is 3.92. The molecule has 0 amide bonds. The van der Waals surface area contributed by atoms with Crippen molar-refractivity contribution in [2.45, 2.75) is 12.3 Å². The molecular weight excluding hydrogens is 252 g/mol. The van der Waals surface area contributed by atoms with Gasteiger partial charge in [0.1, 0.15) is 19.0 Å². The van der Waals surface area contributed by atoms with Gasteiger partial charge in [-0.2, -0.15) is 0 Å². The third-order valence-corrected chi connectivity index (χ3v) is 3.08. The van der Waals surface area contributed by atoms with Gasteiger partial charge in [-0.3, -0.25) is 0 Å². The molecule has 0 aliphatic heterocycles. The van der Waals surface area contributed by atoms with Crippen molar-refractivity contribution >= 4 is 5.97 Å². The molecule has 3 heteroatoms. The Labute approximate surface area is 119 Å². The van der Waals surface area contributed by atoms with Crippen LogP contribution in [0.5, 0.6) is 0 Å². The zero-order chi connectivity index (χ0) is 14.2. The predicted octanol–water partition coefficient (Wildman–Crippen LogP) is 3.36. The van der Waals surface area contributed by atoms with Crippen molar-refractivity contribution in [1.82, 2.24) is 0 Å². The molecular formula is C17H18O3. The van der Waals surface area contributed by atoms with E-state index in [9.17, 15) is 4.79 Å². The van der Waals surface area contributed by atoms with Crippen LogP contribution in [0.15, 0.2) is 67.0 Å². The van der Waals surface area contributed by atoms with E-state index in [0.717, 1.165) is 18.3 Å². The van der Waals surface area contributed by atoms with Crippen molar-refractivity contribution in [3.63, 3.8) is 0 Å². The number of rotatable bonds is 6. The molecule has 1 atom stereocenters. The molecule has 104 valence electrons. The summed E-state index contributed by atoms with van der Waals surface area (Å²) in [7, 11) is 0. The van der Waals surface area contributed by atoms with Gasteiger partial charge in [0.05, 0.1) is 0 Å². The van der Waals surface area contributed by atoms with E-state index in [1.807, 2.05) is 30.4 Å². The standard InChI is InChI=1S/C17H18O3/c1-2-17(18)20-13-12-19-16-11-7-6-10-15(16)14-8-4-3-5-9-14/h2-9,11,15H,1,10,12-13H2. The Bertz CT molecular complexity index is 514. The first kappa shape index (κ1) is 14.1. The molecule has 0 radical (unpaired) electrons. The smallest absolute Gasteiger partial charge is 0.330 e. The Balaban J connectivity index is 1.91. The number of allylic oxidation sites excluding steroid dienone is 4. The highest BCUT2D eigenvalue weighted by Crippen LogP contribution is 2.31. The van der Waals surface area contributed by atoms with Crippen molar-refractivity contribution in [3.05, 3.63) is 72.5 Å². The van der Waals surface area contributed by atoms with Gasteiger partial charge in [-0.05, 0) is 18.1 Å². The quantitative estimate of drug-likeness (QED) is 0.452. The summed E-state index contributed by atoms with van der Waals surface area (Å²) in [5.41, 5.74) is 1.23. The maximum Gasteiger partial charge on any atom is 0.330 e. The average Bonchev–Trinajstić information content (AvgIpc) is 2.52. The number of carbonyl (C=O) groups excluding carboxylic acids is 1. The summed E-state index contributed by atoms with van der Waals surface area (Å²) < 4.78 is 10.6. The highest BCUT2D eigenvalue weighted by molar-refractivity contribution is 5.81. The number of carbonyl (C=O) groups is 1. The monoisotopic (exact) mass is 270 g/mol. The van der Waals surface area contributed by atoms with Crippen LogP contribution in [0.2, 0.25) is 0 Å². The normalized spacial score (nSPS) is 17.2. The van der Waals surface area contributed by atoms with E-state index < -0.39 is 5.97 Å². The van der Waals surface area contributed by atoms with E-state index in [2.05, 4.69) is 24.8 Å². The van der Waals surface area contributed by atoms with Crippen molar-refractivity contribution in [2.75, 3.05) is 13.2 Å². The minimum absolute atomic E-state index is 0.230. The van der Waals surface area contributed by atoms with Crippen LogP contribution in [0, 0.1) is 0 Å². The van der Waals surface area contributed by atoms with Crippen LogP contribution >= 0.6 is 0 Å². The predicted molar refractivity (Wildman–Crippen MR) is 78.1 cm³/mol. The van der Waals surface area contributed by atoms with E-state index >= 15 is 0 Å². The Morgan fingerprint density at radius 3 is 2.85 bits per heavy atom. The van der Waals surface area contributed by atoms with Crippen LogP contribution in [0.1, 0.15) is 17.9 Å². The lowest BCUT2D eigenvalue weighted by atomic mass is 9.91. The van der Waals surface area contributed by atoms with Gasteiger partial charge in [-0.15, -0.1) is 0 Å². The molecule has 1 aliphatic carbocycles. The second-order valence-corrected chi connectivity index (χ2v) is 4.42. The van der Waals surface area contributed by atoms with E-state index in [0.29, 0.717) is 6.61 Å². The molecule has 0 N–H and O–H groups in total.